The smallest absolute Gasteiger partial charge is 0.173 e. The number of hydrogen-bond donors (Lipinski definition) is 2. The summed E-state index contributed by atoms with van der Waals surface area (Å²) >= 11 is 0. The molecule has 4 nitrogen and oxygen atoms in total. The highest BCUT2D eigenvalue weighted by atomic mass is 19.1. The zero-order chi connectivity index (χ0) is 10.1. The molecule has 0 saturated carbocycles. The van der Waals surface area contributed by atoms with E-state index < -0.39 is 11.9 Å². The third-order valence-electron chi connectivity index (χ3n) is 2.02. The van der Waals surface area contributed by atoms with Crippen LogP contribution in [0.1, 0.15) is 11.8 Å². The van der Waals surface area contributed by atoms with Crippen molar-refractivity contribution >= 4 is 5.65 Å². The van der Waals surface area contributed by atoms with Crippen molar-refractivity contribution in [1.82, 2.24) is 9.38 Å². The summed E-state index contributed by atoms with van der Waals surface area (Å²) in [7, 11) is 0. The molecule has 0 aliphatic carbocycles. The first-order valence-electron chi connectivity index (χ1n) is 4.23. The zero-order valence-electron chi connectivity index (χ0n) is 7.39. The van der Waals surface area contributed by atoms with Crippen LogP contribution in [0.2, 0.25) is 0 Å². The van der Waals surface area contributed by atoms with Gasteiger partial charge in [0.2, 0.25) is 0 Å². The van der Waals surface area contributed by atoms with E-state index in [1.54, 1.807) is 18.5 Å². The van der Waals surface area contributed by atoms with Crippen LogP contribution < -0.4 is 5.73 Å². The number of aliphatic hydroxyl groups is 1. The maximum absolute atomic E-state index is 13.2. The highest BCUT2D eigenvalue weighted by molar-refractivity contribution is 5.41. The van der Waals surface area contributed by atoms with Crippen LogP contribution in [-0.2, 0) is 0 Å². The molecule has 0 aliphatic heterocycles. The highest BCUT2D eigenvalue weighted by Gasteiger charge is 2.11. The number of pyridine rings is 1. The number of fused-ring (bicyclic) bond motifs is 1. The van der Waals surface area contributed by atoms with Gasteiger partial charge in [0.25, 0.3) is 0 Å². The average molecular weight is 195 g/mol. The van der Waals surface area contributed by atoms with Crippen molar-refractivity contribution in [2.24, 2.45) is 5.73 Å². The molecule has 0 bridgehead atoms. The minimum atomic E-state index is -0.839. The van der Waals surface area contributed by atoms with Crippen molar-refractivity contribution in [3.8, 4) is 0 Å². The fourth-order valence-electron chi connectivity index (χ4n) is 1.28. The lowest BCUT2D eigenvalue weighted by Crippen LogP contribution is -2.11. The Morgan fingerprint density at radius 3 is 3.07 bits per heavy atom. The first-order valence-corrected chi connectivity index (χ1v) is 4.23. The molecule has 1 unspecified atom stereocenters. The maximum atomic E-state index is 13.2. The highest BCUT2D eigenvalue weighted by Crippen LogP contribution is 2.14. The quantitative estimate of drug-likeness (QED) is 0.732. The predicted octanol–water partition coefficient (Wildman–Crippen LogP) is 0.465. The number of nitrogens with two attached hydrogens (primary N) is 1. The molecule has 0 amide bonds. The molecule has 2 aromatic heterocycles. The third-order valence-corrected chi connectivity index (χ3v) is 2.02. The van der Waals surface area contributed by atoms with Crippen molar-refractivity contribution in [2.45, 2.75) is 6.10 Å². The Hall–Kier alpha value is -1.46. The van der Waals surface area contributed by atoms with Gasteiger partial charge in [-0.3, -0.25) is 0 Å². The van der Waals surface area contributed by atoms with Gasteiger partial charge in [0.1, 0.15) is 6.10 Å². The molecule has 0 spiro atoms. The Balaban J connectivity index is 2.56. The van der Waals surface area contributed by atoms with Crippen molar-refractivity contribution in [3.05, 3.63) is 36.0 Å². The largest absolute Gasteiger partial charge is 0.385 e. The van der Waals surface area contributed by atoms with Crippen molar-refractivity contribution in [2.75, 3.05) is 6.54 Å². The van der Waals surface area contributed by atoms with E-state index in [9.17, 15) is 9.50 Å². The van der Waals surface area contributed by atoms with Gasteiger partial charge < -0.3 is 15.2 Å². The molecule has 3 N–H and O–H groups in total. The minimum absolute atomic E-state index is 0.0749. The Kier molecular flexibility index (Phi) is 2.18. The van der Waals surface area contributed by atoms with Gasteiger partial charge in [0.05, 0.1) is 5.69 Å². The zero-order valence-corrected chi connectivity index (χ0v) is 7.39. The molecular weight excluding hydrogens is 185 g/mol. The van der Waals surface area contributed by atoms with Gasteiger partial charge in [-0.25, -0.2) is 9.37 Å². The number of hydrogen-bond acceptors (Lipinski definition) is 3. The number of nitrogens with zero attached hydrogens (tertiary/aromatic N) is 2. The molecule has 2 heterocycles. The second-order valence-corrected chi connectivity index (χ2v) is 3.00. The first kappa shape index (κ1) is 9.11. The van der Waals surface area contributed by atoms with E-state index in [-0.39, 0.29) is 12.2 Å². The molecule has 0 aromatic carbocycles. The number of halogens is 1. The second-order valence-electron chi connectivity index (χ2n) is 3.00. The molecule has 2 rings (SSSR count). The Bertz CT molecular complexity index is 454. The average Bonchev–Trinajstić information content (AvgIpc) is 2.62. The van der Waals surface area contributed by atoms with E-state index in [0.29, 0.717) is 5.69 Å². The van der Waals surface area contributed by atoms with Gasteiger partial charge in [-0.1, -0.05) is 0 Å². The fourth-order valence-corrected chi connectivity index (χ4v) is 1.28. The fraction of sp³-hybridized carbons (Fsp3) is 0.222. The van der Waals surface area contributed by atoms with Crippen molar-refractivity contribution in [3.63, 3.8) is 0 Å². The van der Waals surface area contributed by atoms with Crippen LogP contribution in [0, 0.1) is 5.82 Å². The van der Waals surface area contributed by atoms with Crippen molar-refractivity contribution < 1.29 is 9.50 Å². The van der Waals surface area contributed by atoms with Crippen LogP contribution in [0.4, 0.5) is 4.39 Å². The van der Waals surface area contributed by atoms with E-state index in [4.69, 9.17) is 5.73 Å². The molecule has 74 valence electrons. The Morgan fingerprint density at radius 1 is 1.64 bits per heavy atom. The number of rotatable bonds is 2. The van der Waals surface area contributed by atoms with Gasteiger partial charge in [0.15, 0.2) is 11.5 Å². The molecule has 0 aliphatic rings. The number of aromatic nitrogens is 2. The monoisotopic (exact) mass is 195 g/mol. The van der Waals surface area contributed by atoms with Crippen LogP contribution in [0.25, 0.3) is 5.65 Å². The van der Waals surface area contributed by atoms with E-state index in [1.165, 1.54) is 10.5 Å². The lowest BCUT2D eigenvalue weighted by Gasteiger charge is -2.00. The standard InChI is InChI=1S/C9H10FN3O/c10-6-2-1-3-13-5-7(8(14)4-11)12-9(6)13/h1-3,5,8,14H,4,11H2. The molecule has 2 aromatic rings. The molecule has 1 atom stereocenters. The van der Waals surface area contributed by atoms with E-state index >= 15 is 0 Å². The predicted molar refractivity (Wildman–Crippen MR) is 49.2 cm³/mol. The third kappa shape index (κ3) is 1.36. The topological polar surface area (TPSA) is 63.5 Å². The molecule has 0 saturated heterocycles. The summed E-state index contributed by atoms with van der Waals surface area (Å²) in [5, 5.41) is 9.40. The van der Waals surface area contributed by atoms with Gasteiger partial charge in [-0.15, -0.1) is 0 Å². The molecular formula is C9H10FN3O. The van der Waals surface area contributed by atoms with E-state index in [1.807, 2.05) is 0 Å². The van der Waals surface area contributed by atoms with Crippen LogP contribution in [0.15, 0.2) is 24.5 Å². The SMILES string of the molecule is NCC(O)c1cn2cccc(F)c2n1. The maximum Gasteiger partial charge on any atom is 0.173 e. The Morgan fingerprint density at radius 2 is 2.43 bits per heavy atom. The summed E-state index contributed by atoms with van der Waals surface area (Å²) < 4.78 is 14.7. The lowest BCUT2D eigenvalue weighted by molar-refractivity contribution is 0.182. The first-order chi connectivity index (χ1) is 6.72. The summed E-state index contributed by atoms with van der Waals surface area (Å²) in [5.41, 5.74) is 5.86. The molecule has 0 fully saturated rings. The summed E-state index contributed by atoms with van der Waals surface area (Å²) in [6.07, 6.45) is 2.39. The number of imidazole rings is 1. The Labute approximate surface area is 79.8 Å². The summed E-state index contributed by atoms with van der Waals surface area (Å²) in [4.78, 5) is 3.94. The second kappa shape index (κ2) is 3.36. The van der Waals surface area contributed by atoms with Gasteiger partial charge in [-0.2, -0.15) is 0 Å². The summed E-state index contributed by atoms with van der Waals surface area (Å²) in [6, 6.07) is 2.89. The molecule has 5 heteroatoms. The van der Waals surface area contributed by atoms with Crippen LogP contribution in [0.3, 0.4) is 0 Å². The van der Waals surface area contributed by atoms with Crippen molar-refractivity contribution in [1.29, 1.82) is 0 Å². The number of aliphatic hydroxyl groups excluding tert-OH is 1. The van der Waals surface area contributed by atoms with E-state index in [0.717, 1.165) is 0 Å². The summed E-state index contributed by atoms with van der Waals surface area (Å²) in [5.74, 6) is -0.414. The van der Waals surface area contributed by atoms with Crippen LogP contribution in [-0.4, -0.2) is 21.0 Å². The summed E-state index contributed by atoms with van der Waals surface area (Å²) in [6.45, 7) is 0.0749. The lowest BCUT2D eigenvalue weighted by atomic mass is 10.3. The molecule has 0 radical (unpaired) electrons. The normalized spacial score (nSPS) is 13.4. The van der Waals surface area contributed by atoms with Crippen LogP contribution >= 0.6 is 0 Å². The van der Waals surface area contributed by atoms with Gasteiger partial charge in [-0.05, 0) is 12.1 Å². The minimum Gasteiger partial charge on any atom is -0.385 e. The van der Waals surface area contributed by atoms with Gasteiger partial charge >= 0.3 is 0 Å². The van der Waals surface area contributed by atoms with Gasteiger partial charge in [0, 0.05) is 18.9 Å². The molecule has 14 heavy (non-hydrogen) atoms. The van der Waals surface area contributed by atoms with E-state index in [2.05, 4.69) is 4.98 Å². The van der Waals surface area contributed by atoms with Crippen LogP contribution in [0.5, 0.6) is 0 Å².